The fraction of sp³-hybridized carbons (Fsp3) is 0.250. The van der Waals surface area contributed by atoms with Gasteiger partial charge in [0.15, 0.2) is 11.5 Å². The molecule has 0 spiro atoms. The lowest BCUT2D eigenvalue weighted by molar-refractivity contribution is -0.112. The van der Waals surface area contributed by atoms with Crippen LogP contribution in [0.15, 0.2) is 42.0 Å². The van der Waals surface area contributed by atoms with Gasteiger partial charge >= 0.3 is 5.97 Å². The highest BCUT2D eigenvalue weighted by Crippen LogP contribution is 2.34. The first-order valence-corrected chi connectivity index (χ1v) is 13.3. The number of carbonyl (C=O) groups is 2. The molecule has 0 unspecified atom stereocenters. The van der Waals surface area contributed by atoms with E-state index in [1.807, 2.05) is 19.9 Å². The first-order chi connectivity index (χ1) is 18.2. The lowest BCUT2D eigenvalue weighted by Gasteiger charge is -2.13. The van der Waals surface area contributed by atoms with Gasteiger partial charge in [-0.2, -0.15) is 5.26 Å². The third-order valence-electron chi connectivity index (χ3n) is 5.43. The highest BCUT2D eigenvalue weighted by atomic mass is 35.5. The summed E-state index contributed by atoms with van der Waals surface area (Å²) in [6.45, 7) is 7.96. The Kier molecular flexibility index (Phi) is 10.2. The van der Waals surface area contributed by atoms with E-state index in [0.717, 1.165) is 16.0 Å². The Hall–Kier alpha value is -3.51. The average molecular weight is 573 g/mol. The van der Waals surface area contributed by atoms with Gasteiger partial charge in [0.05, 0.1) is 18.8 Å². The van der Waals surface area contributed by atoms with Gasteiger partial charge in [-0.05, 0) is 69.2 Å². The number of amides is 1. The van der Waals surface area contributed by atoms with E-state index in [-0.39, 0.29) is 18.8 Å². The zero-order valence-electron chi connectivity index (χ0n) is 21.3. The molecule has 3 aromatic rings. The number of anilines is 1. The Morgan fingerprint density at radius 1 is 1.05 bits per heavy atom. The number of esters is 1. The smallest absolute Gasteiger partial charge is 0.341 e. The van der Waals surface area contributed by atoms with Crippen molar-refractivity contribution >= 4 is 57.5 Å². The average Bonchev–Trinajstić information content (AvgIpc) is 3.15. The van der Waals surface area contributed by atoms with Crippen LogP contribution >= 0.6 is 34.5 Å². The number of nitriles is 1. The molecule has 198 valence electrons. The van der Waals surface area contributed by atoms with Crippen LogP contribution < -0.4 is 14.8 Å². The van der Waals surface area contributed by atoms with Crippen LogP contribution in [-0.2, 0) is 16.1 Å². The van der Waals surface area contributed by atoms with Crippen LogP contribution in [0.5, 0.6) is 11.5 Å². The van der Waals surface area contributed by atoms with Gasteiger partial charge in [-0.25, -0.2) is 4.79 Å². The van der Waals surface area contributed by atoms with Crippen molar-refractivity contribution in [3.63, 3.8) is 0 Å². The summed E-state index contributed by atoms with van der Waals surface area (Å²) in [5.41, 5.74) is 2.19. The van der Waals surface area contributed by atoms with E-state index in [4.69, 9.17) is 37.4 Å². The van der Waals surface area contributed by atoms with Crippen molar-refractivity contribution in [2.75, 3.05) is 18.5 Å². The number of carbonyl (C=O) groups excluding carboxylic acids is 2. The largest absolute Gasteiger partial charge is 0.490 e. The minimum absolute atomic E-state index is 0.146. The van der Waals surface area contributed by atoms with Crippen LogP contribution in [0, 0.1) is 25.2 Å². The maximum Gasteiger partial charge on any atom is 0.341 e. The molecule has 1 aromatic heterocycles. The number of hydrogen-bond acceptors (Lipinski definition) is 7. The predicted molar refractivity (Wildman–Crippen MR) is 150 cm³/mol. The predicted octanol–water partition coefficient (Wildman–Crippen LogP) is 7.37. The van der Waals surface area contributed by atoms with E-state index in [9.17, 15) is 14.9 Å². The molecule has 0 atom stereocenters. The Bertz CT molecular complexity index is 1430. The Balaban J connectivity index is 1.83. The molecule has 2 aromatic carbocycles. The molecule has 10 heteroatoms. The summed E-state index contributed by atoms with van der Waals surface area (Å²) >= 11 is 13.4. The molecule has 0 aliphatic rings. The van der Waals surface area contributed by atoms with Crippen molar-refractivity contribution in [2.45, 2.75) is 34.3 Å². The zero-order chi connectivity index (χ0) is 27.8. The third kappa shape index (κ3) is 7.07. The molecule has 0 fully saturated rings. The summed E-state index contributed by atoms with van der Waals surface area (Å²) in [4.78, 5) is 26.3. The molecular formula is C28H26Cl2N2O5S. The van der Waals surface area contributed by atoms with Crippen LogP contribution in [0.1, 0.15) is 45.8 Å². The van der Waals surface area contributed by atoms with E-state index in [1.54, 1.807) is 50.2 Å². The fourth-order valence-electron chi connectivity index (χ4n) is 3.45. The quantitative estimate of drug-likeness (QED) is 0.155. The second-order valence-electron chi connectivity index (χ2n) is 8.00. The van der Waals surface area contributed by atoms with Crippen molar-refractivity contribution in [1.29, 1.82) is 5.26 Å². The molecule has 38 heavy (non-hydrogen) atoms. The molecule has 1 N–H and O–H groups in total. The van der Waals surface area contributed by atoms with Gasteiger partial charge < -0.3 is 19.5 Å². The molecule has 3 rings (SSSR count). The van der Waals surface area contributed by atoms with Crippen molar-refractivity contribution in [3.8, 4) is 17.6 Å². The minimum Gasteiger partial charge on any atom is -0.490 e. The van der Waals surface area contributed by atoms with Gasteiger partial charge in [-0.3, -0.25) is 4.79 Å². The topological polar surface area (TPSA) is 97.7 Å². The SMILES string of the molecule is CCOC(=O)c1c(NC(=O)C(C#N)=Cc2ccc(OCc3ccc(Cl)cc3Cl)c(OCC)c2)sc(C)c1C. The Labute approximate surface area is 235 Å². The monoisotopic (exact) mass is 572 g/mol. The fourth-order valence-corrected chi connectivity index (χ4v) is 4.95. The summed E-state index contributed by atoms with van der Waals surface area (Å²) in [5.74, 6) is -0.251. The van der Waals surface area contributed by atoms with E-state index < -0.39 is 11.9 Å². The van der Waals surface area contributed by atoms with Gasteiger partial charge in [0, 0.05) is 20.5 Å². The highest BCUT2D eigenvalue weighted by molar-refractivity contribution is 7.16. The third-order valence-corrected chi connectivity index (χ3v) is 7.14. The molecule has 7 nitrogen and oxygen atoms in total. The number of ether oxygens (including phenoxy) is 3. The summed E-state index contributed by atoms with van der Waals surface area (Å²) < 4.78 is 16.8. The molecule has 1 heterocycles. The lowest BCUT2D eigenvalue weighted by atomic mass is 10.1. The van der Waals surface area contributed by atoms with Crippen molar-refractivity contribution in [1.82, 2.24) is 0 Å². The number of halogens is 2. The second kappa shape index (κ2) is 13.3. The lowest BCUT2D eigenvalue weighted by Crippen LogP contribution is -2.16. The van der Waals surface area contributed by atoms with Crippen LogP contribution in [0.4, 0.5) is 5.00 Å². The summed E-state index contributed by atoms with van der Waals surface area (Å²) in [6.07, 6.45) is 1.44. The first-order valence-electron chi connectivity index (χ1n) is 11.7. The van der Waals surface area contributed by atoms with Crippen LogP contribution in [0.25, 0.3) is 6.08 Å². The Morgan fingerprint density at radius 2 is 1.82 bits per heavy atom. The molecule has 0 aliphatic carbocycles. The van der Waals surface area contributed by atoms with Crippen LogP contribution in [0.2, 0.25) is 10.0 Å². The van der Waals surface area contributed by atoms with E-state index in [1.165, 1.54) is 17.4 Å². The molecule has 1 amide bonds. The van der Waals surface area contributed by atoms with Crippen molar-refractivity contribution in [3.05, 3.63) is 79.1 Å². The molecule has 0 radical (unpaired) electrons. The molecule has 0 aliphatic heterocycles. The minimum atomic E-state index is -0.644. The van der Waals surface area contributed by atoms with Crippen molar-refractivity contribution < 1.29 is 23.8 Å². The zero-order valence-corrected chi connectivity index (χ0v) is 23.6. The summed E-state index contributed by atoms with van der Waals surface area (Å²) in [7, 11) is 0. The summed E-state index contributed by atoms with van der Waals surface area (Å²) in [5, 5.41) is 13.7. The number of hydrogen-bond donors (Lipinski definition) is 1. The van der Waals surface area contributed by atoms with E-state index in [0.29, 0.717) is 44.3 Å². The first kappa shape index (κ1) is 29.1. The number of benzene rings is 2. The van der Waals surface area contributed by atoms with E-state index in [2.05, 4.69) is 5.32 Å². The van der Waals surface area contributed by atoms with Crippen LogP contribution in [-0.4, -0.2) is 25.1 Å². The van der Waals surface area contributed by atoms with Gasteiger partial charge in [0.2, 0.25) is 0 Å². The molecule has 0 saturated carbocycles. The number of aryl methyl sites for hydroxylation is 1. The van der Waals surface area contributed by atoms with Gasteiger partial charge in [-0.1, -0.05) is 35.3 Å². The molecule has 0 bridgehead atoms. The maximum atomic E-state index is 13.0. The highest BCUT2D eigenvalue weighted by Gasteiger charge is 2.23. The molecular weight excluding hydrogens is 547 g/mol. The van der Waals surface area contributed by atoms with Crippen molar-refractivity contribution in [2.24, 2.45) is 0 Å². The van der Waals surface area contributed by atoms with E-state index >= 15 is 0 Å². The van der Waals surface area contributed by atoms with Gasteiger partial charge in [0.25, 0.3) is 5.91 Å². The van der Waals surface area contributed by atoms with Gasteiger partial charge in [-0.15, -0.1) is 11.3 Å². The van der Waals surface area contributed by atoms with Gasteiger partial charge in [0.1, 0.15) is 23.3 Å². The Morgan fingerprint density at radius 3 is 2.47 bits per heavy atom. The normalized spacial score (nSPS) is 11.0. The number of thiophene rings is 1. The second-order valence-corrected chi connectivity index (χ2v) is 10.1. The number of nitrogens with one attached hydrogen (secondary N) is 1. The molecule has 0 saturated heterocycles. The number of rotatable bonds is 10. The summed E-state index contributed by atoms with van der Waals surface area (Å²) in [6, 6.07) is 12.2. The number of nitrogens with zero attached hydrogens (tertiary/aromatic N) is 1. The standard InChI is InChI=1S/C28H26Cl2N2O5S/c1-5-35-24-12-18(7-10-23(24)37-15-19-8-9-21(29)13-22(19)30)11-20(14-31)26(33)32-27-25(28(34)36-6-2)16(3)17(4)38-27/h7-13H,5-6,15H2,1-4H3,(H,32,33). The van der Waals surface area contributed by atoms with Crippen LogP contribution in [0.3, 0.4) is 0 Å². The maximum absolute atomic E-state index is 13.0.